The molecule has 23 heavy (non-hydrogen) atoms. The lowest BCUT2D eigenvalue weighted by Crippen LogP contribution is -2.47. The van der Waals surface area contributed by atoms with Crippen molar-refractivity contribution in [2.75, 3.05) is 26.7 Å². The van der Waals surface area contributed by atoms with Crippen LogP contribution in [-0.4, -0.2) is 64.4 Å². The van der Waals surface area contributed by atoms with Gasteiger partial charge in [-0.2, -0.15) is 0 Å². The molecular formula is C15H19BrN4O3. The number of hydrogen-bond acceptors (Lipinski definition) is 5. The lowest BCUT2D eigenvalue weighted by Gasteiger charge is -2.33. The van der Waals surface area contributed by atoms with Gasteiger partial charge in [-0.05, 0) is 28.8 Å². The van der Waals surface area contributed by atoms with Gasteiger partial charge in [-0.25, -0.2) is 9.97 Å². The van der Waals surface area contributed by atoms with Gasteiger partial charge >= 0.3 is 6.01 Å². The summed E-state index contributed by atoms with van der Waals surface area (Å²) in [5.41, 5.74) is 0. The highest BCUT2D eigenvalue weighted by Gasteiger charge is 2.36. The van der Waals surface area contributed by atoms with Crippen molar-refractivity contribution in [3.63, 3.8) is 0 Å². The Hall–Kier alpha value is -1.70. The molecule has 0 aromatic carbocycles. The predicted molar refractivity (Wildman–Crippen MR) is 85.7 cm³/mol. The summed E-state index contributed by atoms with van der Waals surface area (Å²) < 4.78 is 6.57. The number of carbonyl (C=O) groups is 2. The Morgan fingerprint density at radius 1 is 1.35 bits per heavy atom. The SMILES string of the molecule is CN1CC(C(=O)N2CCCC(Oc3ncc(Br)cn3)C2)CC1=O. The van der Waals surface area contributed by atoms with Crippen molar-refractivity contribution >= 4 is 27.7 Å². The monoisotopic (exact) mass is 382 g/mol. The summed E-state index contributed by atoms with van der Waals surface area (Å²) in [7, 11) is 1.74. The molecule has 1 aromatic heterocycles. The maximum absolute atomic E-state index is 12.6. The molecule has 2 unspecified atom stereocenters. The molecule has 0 spiro atoms. The lowest BCUT2D eigenvalue weighted by atomic mass is 10.0. The summed E-state index contributed by atoms with van der Waals surface area (Å²) in [6, 6.07) is 0.322. The van der Waals surface area contributed by atoms with E-state index in [1.807, 2.05) is 4.90 Å². The number of rotatable bonds is 3. The molecule has 2 aliphatic rings. The summed E-state index contributed by atoms with van der Waals surface area (Å²) in [5, 5.41) is 0. The van der Waals surface area contributed by atoms with Gasteiger partial charge in [0.05, 0.1) is 16.9 Å². The number of halogens is 1. The second-order valence-corrected chi connectivity index (χ2v) is 6.94. The summed E-state index contributed by atoms with van der Waals surface area (Å²) >= 11 is 3.28. The van der Waals surface area contributed by atoms with E-state index in [2.05, 4.69) is 25.9 Å². The molecule has 3 rings (SSSR count). The zero-order valence-corrected chi connectivity index (χ0v) is 14.5. The van der Waals surface area contributed by atoms with E-state index in [1.54, 1.807) is 24.3 Å². The van der Waals surface area contributed by atoms with Crippen LogP contribution in [0.25, 0.3) is 0 Å². The van der Waals surface area contributed by atoms with Crippen LogP contribution in [0.3, 0.4) is 0 Å². The van der Waals surface area contributed by atoms with E-state index >= 15 is 0 Å². The van der Waals surface area contributed by atoms with Crippen LogP contribution in [0.2, 0.25) is 0 Å². The van der Waals surface area contributed by atoms with Crippen molar-refractivity contribution in [2.24, 2.45) is 5.92 Å². The van der Waals surface area contributed by atoms with Crippen molar-refractivity contribution in [3.8, 4) is 6.01 Å². The van der Waals surface area contributed by atoms with Gasteiger partial charge < -0.3 is 14.5 Å². The number of ether oxygens (including phenoxy) is 1. The summed E-state index contributed by atoms with van der Waals surface area (Å²) in [6.45, 7) is 1.75. The van der Waals surface area contributed by atoms with Gasteiger partial charge in [0.2, 0.25) is 11.8 Å². The highest BCUT2D eigenvalue weighted by molar-refractivity contribution is 9.10. The first-order valence-corrected chi connectivity index (χ1v) is 8.49. The highest BCUT2D eigenvalue weighted by atomic mass is 79.9. The van der Waals surface area contributed by atoms with Crippen LogP contribution in [0.5, 0.6) is 6.01 Å². The van der Waals surface area contributed by atoms with Crippen LogP contribution < -0.4 is 4.74 Å². The molecule has 1 aromatic rings. The molecular weight excluding hydrogens is 364 g/mol. The third-order valence-electron chi connectivity index (χ3n) is 4.25. The van der Waals surface area contributed by atoms with E-state index in [-0.39, 0.29) is 23.8 Å². The first kappa shape index (κ1) is 16.2. The molecule has 0 saturated carbocycles. The van der Waals surface area contributed by atoms with E-state index in [1.165, 1.54) is 0 Å². The number of nitrogens with zero attached hydrogens (tertiary/aromatic N) is 4. The fraction of sp³-hybridized carbons (Fsp3) is 0.600. The average molecular weight is 383 g/mol. The number of hydrogen-bond donors (Lipinski definition) is 0. The van der Waals surface area contributed by atoms with Gasteiger partial charge in [0.1, 0.15) is 6.10 Å². The molecule has 0 aliphatic carbocycles. The van der Waals surface area contributed by atoms with Gasteiger partial charge in [-0.15, -0.1) is 0 Å². The number of amides is 2. The maximum atomic E-state index is 12.6. The molecule has 0 bridgehead atoms. The Kier molecular flexibility index (Phi) is 4.79. The standard InChI is InChI=1S/C15H19BrN4O3/c1-19-8-10(5-13(19)21)14(22)20-4-2-3-12(9-20)23-15-17-6-11(16)7-18-15/h6-7,10,12H,2-5,8-9H2,1H3. The Bertz CT molecular complexity index is 595. The molecule has 124 valence electrons. The fourth-order valence-electron chi connectivity index (χ4n) is 3.03. The Balaban J connectivity index is 1.58. The highest BCUT2D eigenvalue weighted by Crippen LogP contribution is 2.22. The molecule has 0 radical (unpaired) electrons. The summed E-state index contributed by atoms with van der Waals surface area (Å²) in [4.78, 5) is 35.8. The Morgan fingerprint density at radius 3 is 2.74 bits per heavy atom. The molecule has 2 aliphatic heterocycles. The molecule has 7 nitrogen and oxygen atoms in total. The molecule has 8 heteroatoms. The molecule has 2 saturated heterocycles. The van der Waals surface area contributed by atoms with Gasteiger partial charge in [0, 0.05) is 39.0 Å². The first-order valence-electron chi connectivity index (χ1n) is 7.70. The van der Waals surface area contributed by atoms with Crippen LogP contribution >= 0.6 is 15.9 Å². The normalized spacial score (nSPS) is 24.9. The molecule has 2 fully saturated rings. The second kappa shape index (κ2) is 6.82. The topological polar surface area (TPSA) is 75.6 Å². The average Bonchev–Trinajstić information content (AvgIpc) is 2.88. The third kappa shape index (κ3) is 3.80. The summed E-state index contributed by atoms with van der Waals surface area (Å²) in [6.07, 6.45) is 5.22. The minimum Gasteiger partial charge on any atom is -0.458 e. The second-order valence-electron chi connectivity index (χ2n) is 6.03. The molecule has 2 amide bonds. The zero-order chi connectivity index (χ0) is 16.4. The smallest absolute Gasteiger partial charge is 0.316 e. The van der Waals surface area contributed by atoms with E-state index in [0.29, 0.717) is 32.1 Å². The van der Waals surface area contributed by atoms with Crippen LogP contribution in [0.4, 0.5) is 0 Å². The molecule has 2 atom stereocenters. The number of carbonyl (C=O) groups excluding carboxylic acids is 2. The van der Waals surface area contributed by atoms with Crippen molar-refractivity contribution in [1.82, 2.24) is 19.8 Å². The van der Waals surface area contributed by atoms with Crippen LogP contribution in [0.1, 0.15) is 19.3 Å². The van der Waals surface area contributed by atoms with E-state index in [4.69, 9.17) is 4.74 Å². The van der Waals surface area contributed by atoms with E-state index in [9.17, 15) is 9.59 Å². The van der Waals surface area contributed by atoms with Crippen molar-refractivity contribution < 1.29 is 14.3 Å². The molecule has 0 N–H and O–H groups in total. The third-order valence-corrected chi connectivity index (χ3v) is 4.66. The van der Waals surface area contributed by atoms with Gasteiger partial charge in [-0.1, -0.05) is 0 Å². The molecule has 3 heterocycles. The largest absolute Gasteiger partial charge is 0.458 e. The number of aromatic nitrogens is 2. The minimum absolute atomic E-state index is 0.0384. The zero-order valence-electron chi connectivity index (χ0n) is 12.9. The Labute approximate surface area is 143 Å². The van der Waals surface area contributed by atoms with Crippen LogP contribution in [0.15, 0.2) is 16.9 Å². The van der Waals surface area contributed by atoms with Crippen molar-refractivity contribution in [3.05, 3.63) is 16.9 Å². The lowest BCUT2D eigenvalue weighted by molar-refractivity contribution is -0.138. The summed E-state index contributed by atoms with van der Waals surface area (Å²) in [5.74, 6) is -0.140. The van der Waals surface area contributed by atoms with E-state index < -0.39 is 0 Å². The van der Waals surface area contributed by atoms with Crippen LogP contribution in [-0.2, 0) is 9.59 Å². The van der Waals surface area contributed by atoms with E-state index in [0.717, 1.165) is 17.3 Å². The van der Waals surface area contributed by atoms with Crippen molar-refractivity contribution in [2.45, 2.75) is 25.4 Å². The van der Waals surface area contributed by atoms with Crippen molar-refractivity contribution in [1.29, 1.82) is 0 Å². The number of piperidine rings is 1. The minimum atomic E-state index is -0.227. The maximum Gasteiger partial charge on any atom is 0.316 e. The van der Waals surface area contributed by atoms with Gasteiger partial charge in [0.15, 0.2) is 0 Å². The fourth-order valence-corrected chi connectivity index (χ4v) is 3.24. The number of likely N-dealkylation sites (tertiary alicyclic amines) is 2. The van der Waals surface area contributed by atoms with Crippen LogP contribution in [0, 0.1) is 5.92 Å². The quantitative estimate of drug-likeness (QED) is 0.781. The first-order chi connectivity index (χ1) is 11.0. The van der Waals surface area contributed by atoms with Gasteiger partial charge in [-0.3, -0.25) is 9.59 Å². The predicted octanol–water partition coefficient (Wildman–Crippen LogP) is 1.09. The van der Waals surface area contributed by atoms with Gasteiger partial charge in [0.25, 0.3) is 0 Å². The Morgan fingerprint density at radius 2 is 2.09 bits per heavy atom.